The molecule has 2 aromatic heterocycles. The van der Waals surface area contributed by atoms with Gasteiger partial charge in [-0.3, -0.25) is 9.55 Å². The summed E-state index contributed by atoms with van der Waals surface area (Å²) in [7, 11) is 0. The molecule has 0 amide bonds. The third-order valence-corrected chi connectivity index (χ3v) is 3.15. The summed E-state index contributed by atoms with van der Waals surface area (Å²) in [6, 6.07) is 0. The summed E-state index contributed by atoms with van der Waals surface area (Å²) in [5, 5.41) is 18.7. The molecule has 3 atom stereocenters. The Balaban J connectivity index is 2.07. The van der Waals surface area contributed by atoms with Crippen LogP contribution in [0, 0.1) is 0 Å². The SMILES string of the molecule is O=c1nc2n(C3CC(O)C(CO)O3)ccn2c(=O)[nH]1. The Bertz CT molecular complexity index is 717. The molecular formula is C10H12N4O5. The van der Waals surface area contributed by atoms with Crippen LogP contribution in [0.4, 0.5) is 0 Å². The van der Waals surface area contributed by atoms with Gasteiger partial charge in [-0.15, -0.1) is 0 Å². The largest absolute Gasteiger partial charge is 0.394 e. The fourth-order valence-corrected chi connectivity index (χ4v) is 2.21. The summed E-state index contributed by atoms with van der Waals surface area (Å²) in [4.78, 5) is 28.5. The zero-order chi connectivity index (χ0) is 13.6. The van der Waals surface area contributed by atoms with E-state index in [0.717, 1.165) is 0 Å². The van der Waals surface area contributed by atoms with Crippen molar-refractivity contribution < 1.29 is 14.9 Å². The van der Waals surface area contributed by atoms with Crippen LogP contribution in [0.2, 0.25) is 0 Å². The van der Waals surface area contributed by atoms with Crippen LogP contribution in [0.5, 0.6) is 0 Å². The first-order valence-corrected chi connectivity index (χ1v) is 5.74. The van der Waals surface area contributed by atoms with Crippen molar-refractivity contribution in [1.29, 1.82) is 0 Å². The van der Waals surface area contributed by atoms with Gasteiger partial charge >= 0.3 is 11.4 Å². The first kappa shape index (κ1) is 12.1. The minimum atomic E-state index is -0.800. The van der Waals surface area contributed by atoms with Crippen molar-refractivity contribution in [3.63, 3.8) is 0 Å². The van der Waals surface area contributed by atoms with Crippen molar-refractivity contribution in [3.05, 3.63) is 33.4 Å². The summed E-state index contributed by atoms with van der Waals surface area (Å²) in [6.07, 6.45) is 1.17. The third-order valence-electron chi connectivity index (χ3n) is 3.15. The third kappa shape index (κ3) is 1.87. The molecule has 0 aromatic carbocycles. The minimum Gasteiger partial charge on any atom is -0.394 e. The number of H-pyrrole nitrogens is 1. The molecule has 0 bridgehead atoms. The molecule has 0 aliphatic carbocycles. The molecule has 19 heavy (non-hydrogen) atoms. The molecule has 1 saturated heterocycles. The van der Waals surface area contributed by atoms with Crippen LogP contribution in [0.25, 0.3) is 5.78 Å². The van der Waals surface area contributed by atoms with Crippen LogP contribution < -0.4 is 11.4 Å². The van der Waals surface area contributed by atoms with E-state index in [-0.39, 0.29) is 18.8 Å². The van der Waals surface area contributed by atoms with Crippen LogP contribution in [0.15, 0.2) is 22.0 Å². The first-order valence-electron chi connectivity index (χ1n) is 5.74. The minimum absolute atomic E-state index is 0.129. The Morgan fingerprint density at radius 2 is 2.26 bits per heavy atom. The van der Waals surface area contributed by atoms with Crippen LogP contribution in [0.3, 0.4) is 0 Å². The highest BCUT2D eigenvalue weighted by atomic mass is 16.5. The van der Waals surface area contributed by atoms with E-state index in [2.05, 4.69) is 4.98 Å². The number of aromatic amines is 1. The Morgan fingerprint density at radius 3 is 2.95 bits per heavy atom. The maximum Gasteiger partial charge on any atom is 0.352 e. The summed E-state index contributed by atoms with van der Waals surface area (Å²) >= 11 is 0. The average molecular weight is 268 g/mol. The van der Waals surface area contributed by atoms with E-state index < -0.39 is 29.8 Å². The van der Waals surface area contributed by atoms with Gasteiger partial charge in [-0.05, 0) is 0 Å². The maximum absolute atomic E-state index is 11.5. The lowest BCUT2D eigenvalue weighted by atomic mass is 10.2. The molecule has 3 heterocycles. The number of rotatable bonds is 2. The second kappa shape index (κ2) is 4.30. The van der Waals surface area contributed by atoms with Crippen molar-refractivity contribution in [3.8, 4) is 0 Å². The molecule has 3 unspecified atom stereocenters. The molecule has 102 valence electrons. The van der Waals surface area contributed by atoms with E-state index in [1.807, 2.05) is 4.98 Å². The van der Waals surface area contributed by atoms with Crippen LogP contribution in [-0.4, -0.2) is 48.0 Å². The fourth-order valence-electron chi connectivity index (χ4n) is 2.21. The second-order valence-electron chi connectivity index (χ2n) is 4.34. The molecule has 3 N–H and O–H groups in total. The first-order chi connectivity index (χ1) is 9.10. The summed E-state index contributed by atoms with van der Waals surface area (Å²) in [6.45, 7) is -0.301. The average Bonchev–Trinajstić information content (AvgIpc) is 2.92. The van der Waals surface area contributed by atoms with Gasteiger partial charge in [-0.25, -0.2) is 14.0 Å². The molecule has 9 heteroatoms. The summed E-state index contributed by atoms with van der Waals surface area (Å²) < 4.78 is 8.10. The predicted octanol–water partition coefficient (Wildman–Crippen LogP) is -2.17. The lowest BCUT2D eigenvalue weighted by molar-refractivity contribution is -0.0432. The molecule has 9 nitrogen and oxygen atoms in total. The lowest BCUT2D eigenvalue weighted by Gasteiger charge is -2.13. The highest BCUT2D eigenvalue weighted by Crippen LogP contribution is 2.29. The van der Waals surface area contributed by atoms with E-state index in [4.69, 9.17) is 9.84 Å². The Morgan fingerprint density at radius 1 is 1.47 bits per heavy atom. The number of nitrogens with zero attached hydrogens (tertiary/aromatic N) is 3. The highest BCUT2D eigenvalue weighted by Gasteiger charge is 2.35. The van der Waals surface area contributed by atoms with Gasteiger partial charge in [0, 0.05) is 18.8 Å². The topological polar surface area (TPSA) is 122 Å². The number of hydrogen-bond donors (Lipinski definition) is 3. The Labute approximate surface area is 105 Å². The van der Waals surface area contributed by atoms with Crippen LogP contribution >= 0.6 is 0 Å². The van der Waals surface area contributed by atoms with Crippen LogP contribution in [-0.2, 0) is 4.74 Å². The molecule has 1 aliphatic rings. The van der Waals surface area contributed by atoms with Gasteiger partial charge in [0.05, 0.1) is 12.7 Å². The van der Waals surface area contributed by atoms with Gasteiger partial charge in [0.1, 0.15) is 12.3 Å². The zero-order valence-electron chi connectivity index (χ0n) is 9.76. The molecule has 1 fully saturated rings. The van der Waals surface area contributed by atoms with Crippen molar-refractivity contribution in [1.82, 2.24) is 18.9 Å². The number of aliphatic hydroxyl groups is 2. The number of nitrogens with one attached hydrogen (secondary N) is 1. The number of imidazole rings is 1. The number of aliphatic hydroxyl groups excluding tert-OH is 2. The number of hydrogen-bond acceptors (Lipinski definition) is 6. The smallest absolute Gasteiger partial charge is 0.352 e. The van der Waals surface area contributed by atoms with Gasteiger partial charge in [0.25, 0.3) is 0 Å². The molecule has 2 aromatic rings. The van der Waals surface area contributed by atoms with E-state index in [9.17, 15) is 14.7 Å². The molecular weight excluding hydrogens is 256 g/mol. The molecule has 0 radical (unpaired) electrons. The predicted molar refractivity (Wildman–Crippen MR) is 61.7 cm³/mol. The van der Waals surface area contributed by atoms with Crippen molar-refractivity contribution >= 4 is 5.78 Å². The van der Waals surface area contributed by atoms with Gasteiger partial charge in [-0.1, -0.05) is 0 Å². The summed E-state index contributed by atoms with van der Waals surface area (Å²) in [5.74, 6) is 0.129. The van der Waals surface area contributed by atoms with Crippen molar-refractivity contribution in [2.45, 2.75) is 24.9 Å². The van der Waals surface area contributed by atoms with Gasteiger partial charge in [-0.2, -0.15) is 4.98 Å². The molecule has 3 rings (SSSR count). The molecule has 0 saturated carbocycles. The number of fused-ring (bicyclic) bond motifs is 1. The molecule has 0 spiro atoms. The quantitative estimate of drug-likeness (QED) is 0.569. The van der Waals surface area contributed by atoms with E-state index in [0.29, 0.717) is 0 Å². The Hall–Kier alpha value is -1.97. The van der Waals surface area contributed by atoms with E-state index >= 15 is 0 Å². The number of aromatic nitrogens is 4. The highest BCUT2D eigenvalue weighted by molar-refractivity contribution is 5.28. The second-order valence-corrected chi connectivity index (χ2v) is 4.34. The van der Waals surface area contributed by atoms with Crippen molar-refractivity contribution in [2.24, 2.45) is 0 Å². The van der Waals surface area contributed by atoms with E-state index in [1.54, 1.807) is 0 Å². The fraction of sp³-hybridized carbons (Fsp3) is 0.500. The maximum atomic E-state index is 11.5. The normalized spacial score (nSPS) is 27.2. The summed E-state index contributed by atoms with van der Waals surface area (Å²) in [5.41, 5.74) is -1.34. The van der Waals surface area contributed by atoms with Gasteiger partial charge in [0.15, 0.2) is 0 Å². The van der Waals surface area contributed by atoms with Gasteiger partial charge in [0.2, 0.25) is 5.78 Å². The molecule has 1 aliphatic heterocycles. The monoisotopic (exact) mass is 268 g/mol. The van der Waals surface area contributed by atoms with Crippen LogP contribution in [0.1, 0.15) is 12.6 Å². The van der Waals surface area contributed by atoms with Crippen molar-refractivity contribution in [2.75, 3.05) is 6.61 Å². The Kier molecular flexibility index (Phi) is 2.73. The number of ether oxygens (including phenoxy) is 1. The lowest BCUT2D eigenvalue weighted by Crippen LogP contribution is -2.28. The standard InChI is InChI=1S/C10H12N4O5/c15-4-6-5(16)3-7(19-6)13-1-2-14-9(13)11-8(17)12-10(14)18/h1-2,5-7,15-16H,3-4H2,(H,12,17,18). The van der Waals surface area contributed by atoms with Gasteiger partial charge < -0.3 is 14.9 Å². The zero-order valence-corrected chi connectivity index (χ0v) is 9.76. The van der Waals surface area contributed by atoms with E-state index in [1.165, 1.54) is 21.4 Å².